The maximum absolute atomic E-state index is 9.54. The number of hydrogen-bond acceptors (Lipinski definition) is 6. The molecule has 0 spiro atoms. The van der Waals surface area contributed by atoms with Gasteiger partial charge in [0.15, 0.2) is 6.29 Å². The van der Waals surface area contributed by atoms with E-state index >= 15 is 0 Å². The van der Waals surface area contributed by atoms with Gasteiger partial charge in [-0.15, -0.1) is 0 Å². The molecule has 4 aromatic rings. The molecule has 42 heavy (non-hydrogen) atoms. The Labute approximate surface area is 249 Å². The number of nitrogens with two attached hydrogens (primary N) is 1. The van der Waals surface area contributed by atoms with E-state index in [-0.39, 0.29) is 18.8 Å². The molecule has 0 aromatic heterocycles. The molecule has 6 rings (SSSR count). The summed E-state index contributed by atoms with van der Waals surface area (Å²) in [7, 11) is 0. The first-order chi connectivity index (χ1) is 20.7. The van der Waals surface area contributed by atoms with Gasteiger partial charge >= 0.3 is 0 Å². The van der Waals surface area contributed by atoms with Crippen LogP contribution in [0.4, 0.5) is 0 Å². The lowest BCUT2D eigenvalue weighted by atomic mass is 9.98. The van der Waals surface area contributed by atoms with Crippen molar-refractivity contribution in [3.63, 3.8) is 0 Å². The summed E-state index contributed by atoms with van der Waals surface area (Å²) in [6.45, 7) is 6.59. The second kappa shape index (κ2) is 13.7. The highest BCUT2D eigenvalue weighted by atomic mass is 16.7. The van der Waals surface area contributed by atoms with Gasteiger partial charge in [0.25, 0.3) is 0 Å². The van der Waals surface area contributed by atoms with Crippen molar-refractivity contribution < 1.29 is 14.6 Å². The van der Waals surface area contributed by atoms with E-state index < -0.39 is 6.29 Å². The number of aliphatic hydroxyl groups is 1. The van der Waals surface area contributed by atoms with Crippen molar-refractivity contribution in [2.75, 3.05) is 32.7 Å². The number of ether oxygens (including phenoxy) is 2. The molecule has 6 heteroatoms. The Hall–Kier alpha value is -3.36. The summed E-state index contributed by atoms with van der Waals surface area (Å²) in [6.07, 6.45) is 0.266. The van der Waals surface area contributed by atoms with Crippen molar-refractivity contribution in [3.8, 4) is 11.1 Å². The Morgan fingerprint density at radius 3 is 2.10 bits per heavy atom. The Morgan fingerprint density at radius 2 is 1.36 bits per heavy atom. The van der Waals surface area contributed by atoms with Crippen molar-refractivity contribution in [3.05, 3.63) is 131 Å². The molecule has 0 unspecified atom stereocenters. The van der Waals surface area contributed by atoms with E-state index in [4.69, 9.17) is 15.2 Å². The Morgan fingerprint density at radius 1 is 0.667 bits per heavy atom. The van der Waals surface area contributed by atoms with Gasteiger partial charge in [0.05, 0.1) is 18.8 Å². The normalized spacial score (nSPS) is 21.8. The summed E-state index contributed by atoms with van der Waals surface area (Å²) in [6, 6.07) is 35.7. The Balaban J connectivity index is 1.17. The van der Waals surface area contributed by atoms with Crippen molar-refractivity contribution in [2.24, 2.45) is 5.73 Å². The number of benzene rings is 4. The zero-order valence-corrected chi connectivity index (χ0v) is 24.1. The van der Waals surface area contributed by atoms with Crippen LogP contribution in [-0.4, -0.2) is 53.7 Å². The average molecular weight is 564 g/mol. The van der Waals surface area contributed by atoms with Crippen LogP contribution in [0.2, 0.25) is 0 Å². The number of hydrogen-bond donors (Lipinski definition) is 2. The third-order valence-corrected chi connectivity index (χ3v) is 8.45. The second-order valence-electron chi connectivity index (χ2n) is 11.4. The SMILES string of the molecule is NCc1cccc(-c2cccc([C@@H]3O[C@H](CN4CCN(Cc5ccccc5)CC4)C[C@H](c4ccc(CO)cc4)O3)c2)c1. The summed E-state index contributed by atoms with van der Waals surface area (Å²) in [5, 5.41) is 9.54. The fraction of sp³-hybridized carbons (Fsp3) is 0.333. The minimum Gasteiger partial charge on any atom is -0.392 e. The highest BCUT2D eigenvalue weighted by Crippen LogP contribution is 2.39. The van der Waals surface area contributed by atoms with Gasteiger partial charge in [-0.2, -0.15) is 0 Å². The lowest BCUT2D eigenvalue weighted by molar-refractivity contribution is -0.253. The van der Waals surface area contributed by atoms with Crippen LogP contribution in [0.1, 0.15) is 46.6 Å². The third-order valence-electron chi connectivity index (χ3n) is 8.45. The summed E-state index contributed by atoms with van der Waals surface area (Å²) in [5.74, 6) is 0. The number of aliphatic hydroxyl groups excluding tert-OH is 1. The van der Waals surface area contributed by atoms with Crippen molar-refractivity contribution in [1.82, 2.24) is 9.80 Å². The molecule has 2 saturated heterocycles. The monoisotopic (exact) mass is 563 g/mol. The van der Waals surface area contributed by atoms with Gasteiger partial charge < -0.3 is 20.3 Å². The smallest absolute Gasteiger partial charge is 0.184 e. The molecule has 3 atom stereocenters. The molecule has 0 saturated carbocycles. The number of rotatable bonds is 9. The first kappa shape index (κ1) is 28.7. The molecule has 2 fully saturated rings. The molecule has 4 aromatic carbocycles. The van der Waals surface area contributed by atoms with E-state index in [0.717, 1.165) is 79.1 Å². The molecule has 0 aliphatic carbocycles. The molecule has 218 valence electrons. The van der Waals surface area contributed by atoms with Crippen molar-refractivity contribution in [1.29, 1.82) is 0 Å². The van der Waals surface area contributed by atoms with E-state index in [1.54, 1.807) is 0 Å². The lowest BCUT2D eigenvalue weighted by Crippen LogP contribution is -2.49. The fourth-order valence-corrected chi connectivity index (χ4v) is 6.04. The third kappa shape index (κ3) is 7.16. The summed E-state index contributed by atoms with van der Waals surface area (Å²) < 4.78 is 13.3. The standard InChI is InChI=1S/C36H41N3O3/c37-23-29-8-4-9-31(20-29)32-10-5-11-33(21-32)36-41-34(22-35(42-36)30-14-12-28(26-40)13-15-30)25-39-18-16-38(17-19-39)24-27-6-2-1-3-7-27/h1-15,20-21,34-36,40H,16-19,22-26,37H2/t34-,35+,36+/m0/s1. The van der Waals surface area contributed by atoms with Gasteiger partial charge in [-0.05, 0) is 45.5 Å². The number of nitrogens with zero attached hydrogens (tertiary/aromatic N) is 2. The molecular weight excluding hydrogens is 522 g/mol. The van der Waals surface area contributed by atoms with Crippen LogP contribution < -0.4 is 5.73 Å². The average Bonchev–Trinajstić information content (AvgIpc) is 3.06. The van der Waals surface area contributed by atoms with Crippen LogP contribution in [0.3, 0.4) is 0 Å². The van der Waals surface area contributed by atoms with Crippen LogP contribution in [0, 0.1) is 0 Å². The summed E-state index contributed by atoms with van der Waals surface area (Å²) >= 11 is 0. The van der Waals surface area contributed by atoms with Gasteiger partial charge in [-0.1, -0.05) is 91.0 Å². The van der Waals surface area contributed by atoms with E-state index in [2.05, 4.69) is 101 Å². The van der Waals surface area contributed by atoms with Crippen LogP contribution in [0.25, 0.3) is 11.1 Å². The van der Waals surface area contributed by atoms with Gasteiger partial charge in [-0.25, -0.2) is 0 Å². The van der Waals surface area contributed by atoms with Crippen LogP contribution in [-0.2, 0) is 29.2 Å². The molecular formula is C36H41N3O3. The molecule has 2 aliphatic heterocycles. The van der Waals surface area contributed by atoms with Crippen molar-refractivity contribution >= 4 is 0 Å². The Kier molecular flexibility index (Phi) is 9.41. The predicted molar refractivity (Wildman–Crippen MR) is 166 cm³/mol. The highest BCUT2D eigenvalue weighted by Gasteiger charge is 2.34. The molecule has 2 aliphatic rings. The summed E-state index contributed by atoms with van der Waals surface area (Å²) in [5.41, 5.74) is 13.7. The van der Waals surface area contributed by atoms with E-state index in [9.17, 15) is 5.11 Å². The second-order valence-corrected chi connectivity index (χ2v) is 11.4. The van der Waals surface area contributed by atoms with E-state index in [0.29, 0.717) is 6.54 Å². The predicted octanol–water partition coefficient (Wildman–Crippen LogP) is 5.67. The van der Waals surface area contributed by atoms with Crippen molar-refractivity contribution in [2.45, 2.75) is 44.6 Å². The van der Waals surface area contributed by atoms with Crippen LogP contribution in [0.15, 0.2) is 103 Å². The van der Waals surface area contributed by atoms with E-state index in [1.165, 1.54) is 5.56 Å². The zero-order chi connectivity index (χ0) is 28.7. The molecule has 0 amide bonds. The maximum Gasteiger partial charge on any atom is 0.184 e. The minimum atomic E-state index is -0.469. The van der Waals surface area contributed by atoms with Gasteiger partial charge in [-0.3, -0.25) is 9.80 Å². The highest BCUT2D eigenvalue weighted by molar-refractivity contribution is 5.65. The quantitative estimate of drug-likeness (QED) is 0.274. The van der Waals surface area contributed by atoms with Crippen LogP contribution in [0.5, 0.6) is 0 Å². The number of piperazine rings is 1. The largest absolute Gasteiger partial charge is 0.392 e. The molecule has 0 radical (unpaired) electrons. The lowest BCUT2D eigenvalue weighted by Gasteiger charge is -2.41. The van der Waals surface area contributed by atoms with Gasteiger partial charge in [0.1, 0.15) is 0 Å². The zero-order valence-electron chi connectivity index (χ0n) is 24.1. The Bertz CT molecular complexity index is 1420. The molecule has 2 heterocycles. The molecule has 6 nitrogen and oxygen atoms in total. The van der Waals surface area contributed by atoms with Gasteiger partial charge in [0.2, 0.25) is 0 Å². The topological polar surface area (TPSA) is 71.2 Å². The minimum absolute atomic E-state index is 0.0363. The van der Waals surface area contributed by atoms with E-state index in [1.807, 2.05) is 12.1 Å². The molecule has 3 N–H and O–H groups in total. The summed E-state index contributed by atoms with van der Waals surface area (Å²) in [4.78, 5) is 5.07. The van der Waals surface area contributed by atoms with Gasteiger partial charge in [0, 0.05) is 57.8 Å². The first-order valence-corrected chi connectivity index (χ1v) is 15.1. The van der Waals surface area contributed by atoms with Crippen LogP contribution >= 0.6 is 0 Å². The molecule has 0 bridgehead atoms. The fourth-order valence-electron chi connectivity index (χ4n) is 6.04. The first-order valence-electron chi connectivity index (χ1n) is 15.1. The maximum atomic E-state index is 9.54.